The third kappa shape index (κ3) is 5.08. The summed E-state index contributed by atoms with van der Waals surface area (Å²) in [7, 11) is 1.50. The Hall–Kier alpha value is -0.750. The summed E-state index contributed by atoms with van der Waals surface area (Å²) >= 11 is 0. The lowest BCUT2D eigenvalue weighted by Crippen LogP contribution is -2.47. The molecule has 0 heterocycles. The van der Waals surface area contributed by atoms with E-state index < -0.39 is 17.9 Å². The highest BCUT2D eigenvalue weighted by Crippen LogP contribution is 2.07. The molecule has 14 heavy (non-hydrogen) atoms. The molecule has 1 atom stereocenters. The average molecular weight is 210 g/mol. The van der Waals surface area contributed by atoms with Gasteiger partial charge in [0.05, 0.1) is 6.54 Å². The largest absolute Gasteiger partial charge is 0.480 e. The van der Waals surface area contributed by atoms with Crippen molar-refractivity contribution in [3.63, 3.8) is 0 Å². The predicted octanol–water partition coefficient (Wildman–Crippen LogP) is 0.375. The lowest BCUT2D eigenvalue weighted by atomic mass is 10.00. The minimum Gasteiger partial charge on any atom is -0.480 e. The standard InChI is InChI=1S/C8H16F2N2O2/c1-8(11,7(13)14)3-4-12(2)5-6(9)10/h6H,3-5,11H2,1-2H3,(H,13,14). The minimum absolute atomic E-state index is 0.144. The van der Waals surface area contributed by atoms with Gasteiger partial charge in [0.25, 0.3) is 6.43 Å². The molecule has 4 nitrogen and oxygen atoms in total. The SMILES string of the molecule is CN(CCC(C)(N)C(=O)O)CC(F)F. The smallest absolute Gasteiger partial charge is 0.323 e. The van der Waals surface area contributed by atoms with E-state index in [9.17, 15) is 13.6 Å². The van der Waals surface area contributed by atoms with E-state index in [0.717, 1.165) is 0 Å². The van der Waals surface area contributed by atoms with Gasteiger partial charge in [0.2, 0.25) is 0 Å². The van der Waals surface area contributed by atoms with Crippen LogP contribution in [0, 0.1) is 0 Å². The zero-order valence-corrected chi connectivity index (χ0v) is 8.33. The molecule has 0 saturated heterocycles. The third-order valence-corrected chi connectivity index (χ3v) is 1.95. The van der Waals surface area contributed by atoms with Crippen molar-refractivity contribution in [2.45, 2.75) is 25.3 Å². The van der Waals surface area contributed by atoms with Gasteiger partial charge >= 0.3 is 5.97 Å². The van der Waals surface area contributed by atoms with E-state index >= 15 is 0 Å². The van der Waals surface area contributed by atoms with Crippen molar-refractivity contribution in [3.05, 3.63) is 0 Å². The number of nitrogens with zero attached hydrogens (tertiary/aromatic N) is 1. The van der Waals surface area contributed by atoms with Crippen LogP contribution in [-0.2, 0) is 4.79 Å². The first-order chi connectivity index (χ1) is 6.25. The molecule has 0 spiro atoms. The first-order valence-electron chi connectivity index (χ1n) is 4.24. The van der Waals surface area contributed by atoms with Crippen molar-refractivity contribution >= 4 is 5.97 Å². The van der Waals surface area contributed by atoms with E-state index in [0.29, 0.717) is 0 Å². The normalized spacial score (nSPS) is 15.9. The summed E-state index contributed by atoms with van der Waals surface area (Å²) in [5, 5.41) is 8.64. The van der Waals surface area contributed by atoms with Crippen LogP contribution >= 0.6 is 0 Å². The Labute approximate surface area is 81.7 Å². The number of nitrogens with two attached hydrogens (primary N) is 1. The summed E-state index contributed by atoms with van der Waals surface area (Å²) in [6.07, 6.45) is -2.26. The molecule has 0 bridgehead atoms. The first kappa shape index (κ1) is 13.2. The van der Waals surface area contributed by atoms with Gasteiger partial charge in [0.15, 0.2) is 0 Å². The maximum atomic E-state index is 11.9. The molecule has 0 saturated carbocycles. The Morgan fingerprint density at radius 2 is 2.14 bits per heavy atom. The maximum Gasteiger partial charge on any atom is 0.323 e. The summed E-state index contributed by atoms with van der Waals surface area (Å²) in [4.78, 5) is 11.9. The van der Waals surface area contributed by atoms with E-state index in [4.69, 9.17) is 10.8 Å². The van der Waals surface area contributed by atoms with E-state index in [1.165, 1.54) is 18.9 Å². The molecule has 0 amide bonds. The molecule has 0 aromatic carbocycles. The van der Waals surface area contributed by atoms with Crippen LogP contribution in [0.25, 0.3) is 0 Å². The maximum absolute atomic E-state index is 11.9. The van der Waals surface area contributed by atoms with Gasteiger partial charge in [-0.3, -0.25) is 4.79 Å². The van der Waals surface area contributed by atoms with E-state index in [2.05, 4.69) is 0 Å². The van der Waals surface area contributed by atoms with Crippen molar-refractivity contribution in [2.24, 2.45) is 5.73 Å². The zero-order valence-electron chi connectivity index (χ0n) is 8.33. The predicted molar refractivity (Wildman–Crippen MR) is 48.3 cm³/mol. The fraction of sp³-hybridized carbons (Fsp3) is 0.875. The number of aliphatic carboxylic acids is 1. The van der Waals surface area contributed by atoms with Crippen molar-refractivity contribution in [2.75, 3.05) is 20.1 Å². The summed E-state index contributed by atoms with van der Waals surface area (Å²) in [5.41, 5.74) is 4.07. The number of carbonyl (C=O) groups is 1. The highest BCUT2D eigenvalue weighted by atomic mass is 19.3. The number of halogens is 2. The van der Waals surface area contributed by atoms with Crippen LogP contribution in [-0.4, -0.2) is 48.1 Å². The summed E-state index contributed by atoms with van der Waals surface area (Å²) in [5.74, 6) is -1.12. The summed E-state index contributed by atoms with van der Waals surface area (Å²) in [6, 6.07) is 0. The van der Waals surface area contributed by atoms with Gasteiger partial charge in [0.1, 0.15) is 5.54 Å². The third-order valence-electron chi connectivity index (χ3n) is 1.95. The Morgan fingerprint density at radius 1 is 1.64 bits per heavy atom. The van der Waals surface area contributed by atoms with Crippen LogP contribution in [0.4, 0.5) is 8.78 Å². The number of carboxylic acids is 1. The molecule has 84 valence electrons. The molecule has 0 rings (SSSR count). The molecule has 0 aliphatic heterocycles. The van der Waals surface area contributed by atoms with E-state index in [1.807, 2.05) is 0 Å². The lowest BCUT2D eigenvalue weighted by Gasteiger charge is -2.23. The quantitative estimate of drug-likeness (QED) is 0.665. The molecular formula is C8H16F2N2O2. The van der Waals surface area contributed by atoms with Gasteiger partial charge in [-0.1, -0.05) is 0 Å². The average Bonchev–Trinajstić information content (AvgIpc) is 1.99. The zero-order chi connectivity index (χ0) is 11.4. The molecule has 0 fully saturated rings. The Bertz CT molecular complexity index is 198. The van der Waals surface area contributed by atoms with Crippen molar-refractivity contribution < 1.29 is 18.7 Å². The molecule has 0 aliphatic carbocycles. The molecule has 3 N–H and O–H groups in total. The Morgan fingerprint density at radius 3 is 2.50 bits per heavy atom. The summed E-state index contributed by atoms with van der Waals surface area (Å²) < 4.78 is 23.7. The number of rotatable bonds is 6. The van der Waals surface area contributed by atoms with Crippen LogP contribution in [0.2, 0.25) is 0 Å². The van der Waals surface area contributed by atoms with Crippen molar-refractivity contribution in [1.29, 1.82) is 0 Å². The molecule has 0 aromatic heterocycles. The van der Waals surface area contributed by atoms with Crippen LogP contribution in [0.15, 0.2) is 0 Å². The van der Waals surface area contributed by atoms with Gasteiger partial charge in [0, 0.05) is 6.54 Å². The second kappa shape index (κ2) is 5.21. The monoisotopic (exact) mass is 210 g/mol. The molecular weight excluding hydrogens is 194 g/mol. The van der Waals surface area contributed by atoms with E-state index in [1.54, 1.807) is 0 Å². The second-order valence-electron chi connectivity index (χ2n) is 3.63. The Balaban J connectivity index is 3.87. The van der Waals surface area contributed by atoms with Crippen molar-refractivity contribution in [3.8, 4) is 0 Å². The molecule has 0 radical (unpaired) electrons. The lowest BCUT2D eigenvalue weighted by molar-refractivity contribution is -0.143. The molecule has 6 heteroatoms. The molecule has 0 aliphatic rings. The van der Waals surface area contributed by atoms with Crippen LogP contribution in [0.1, 0.15) is 13.3 Å². The van der Waals surface area contributed by atoms with Gasteiger partial charge in [-0.05, 0) is 20.4 Å². The first-order valence-corrected chi connectivity index (χ1v) is 4.24. The van der Waals surface area contributed by atoms with Crippen molar-refractivity contribution in [1.82, 2.24) is 4.90 Å². The van der Waals surface area contributed by atoms with Gasteiger partial charge < -0.3 is 15.7 Å². The Kier molecular flexibility index (Phi) is 4.93. The van der Waals surface area contributed by atoms with Crippen LogP contribution in [0.3, 0.4) is 0 Å². The topological polar surface area (TPSA) is 66.6 Å². The van der Waals surface area contributed by atoms with Gasteiger partial charge in [-0.2, -0.15) is 0 Å². The number of hydrogen-bond acceptors (Lipinski definition) is 3. The van der Waals surface area contributed by atoms with Gasteiger partial charge in [-0.25, -0.2) is 8.78 Å². The number of hydrogen-bond donors (Lipinski definition) is 2. The number of alkyl halides is 2. The minimum atomic E-state index is -2.41. The van der Waals surface area contributed by atoms with Gasteiger partial charge in [-0.15, -0.1) is 0 Å². The highest BCUT2D eigenvalue weighted by molar-refractivity contribution is 5.77. The molecule has 0 aromatic rings. The fourth-order valence-electron chi connectivity index (χ4n) is 0.857. The fourth-order valence-corrected chi connectivity index (χ4v) is 0.857. The summed E-state index contributed by atoms with van der Waals surface area (Å²) in [6.45, 7) is 1.24. The van der Waals surface area contributed by atoms with Crippen LogP contribution < -0.4 is 5.73 Å². The highest BCUT2D eigenvalue weighted by Gasteiger charge is 2.27. The number of carboxylic acid groups (broad SMARTS) is 1. The van der Waals surface area contributed by atoms with Crippen LogP contribution in [0.5, 0.6) is 0 Å². The van der Waals surface area contributed by atoms with E-state index in [-0.39, 0.29) is 19.5 Å². The second-order valence-corrected chi connectivity index (χ2v) is 3.63. The molecule has 1 unspecified atom stereocenters.